The first-order chi connectivity index (χ1) is 16.5. The van der Waals surface area contributed by atoms with Crippen molar-refractivity contribution in [2.45, 2.75) is 13.0 Å². The average molecular weight is 461 g/mol. The lowest BCUT2D eigenvalue weighted by Crippen LogP contribution is -2.52. The minimum Gasteiger partial charge on any atom is -0.345 e. The van der Waals surface area contributed by atoms with Crippen molar-refractivity contribution >= 4 is 29.4 Å². The fraction of sp³-hybridized carbons (Fsp3) is 0.182. The summed E-state index contributed by atoms with van der Waals surface area (Å²) in [5.41, 5.74) is 0.187. The Morgan fingerprint density at radius 3 is 2.53 bits per heavy atom. The number of hydrogen-bond donors (Lipinski definition) is 1. The highest BCUT2D eigenvalue weighted by atomic mass is 16.6. The van der Waals surface area contributed by atoms with Gasteiger partial charge in [0.2, 0.25) is 0 Å². The van der Waals surface area contributed by atoms with Crippen LogP contribution in [0, 0.1) is 10.1 Å². The van der Waals surface area contributed by atoms with E-state index in [-0.39, 0.29) is 42.4 Å². The molecule has 1 saturated heterocycles. The predicted octanol–water partition coefficient (Wildman–Crippen LogP) is 2.18. The molecular formula is C22H19N7O5. The molecule has 0 saturated carbocycles. The zero-order valence-corrected chi connectivity index (χ0v) is 17.8. The number of amides is 4. The third kappa shape index (κ3) is 4.70. The lowest BCUT2D eigenvalue weighted by Gasteiger charge is -2.33. The summed E-state index contributed by atoms with van der Waals surface area (Å²) in [4.78, 5) is 55.2. The van der Waals surface area contributed by atoms with E-state index < -0.39 is 22.8 Å². The van der Waals surface area contributed by atoms with Crippen molar-refractivity contribution in [3.05, 3.63) is 87.9 Å². The lowest BCUT2D eigenvalue weighted by molar-refractivity contribution is -0.385. The maximum Gasteiger partial charge on any atom is 0.332 e. The van der Waals surface area contributed by atoms with Gasteiger partial charge in [0.25, 0.3) is 17.5 Å². The SMILES string of the molecule is O=C(NCc1ccccn1)c1ccc(N2CCCN(C(=O)c3ccccc3[N+](=O)[O-])C2=O)nn1. The highest BCUT2D eigenvalue weighted by Gasteiger charge is 2.35. The van der Waals surface area contributed by atoms with Crippen LogP contribution >= 0.6 is 0 Å². The largest absolute Gasteiger partial charge is 0.345 e. The molecule has 1 fully saturated rings. The summed E-state index contributed by atoms with van der Waals surface area (Å²) in [6, 6.07) is 13.0. The Kier molecular flexibility index (Phi) is 6.48. The maximum atomic E-state index is 13.0. The molecule has 0 unspecified atom stereocenters. The quantitative estimate of drug-likeness (QED) is 0.433. The van der Waals surface area contributed by atoms with Crippen LogP contribution < -0.4 is 10.2 Å². The number of benzene rings is 1. The Bertz CT molecular complexity index is 1230. The first kappa shape index (κ1) is 22.5. The van der Waals surface area contributed by atoms with E-state index in [2.05, 4.69) is 20.5 Å². The molecule has 12 nitrogen and oxygen atoms in total. The topological polar surface area (TPSA) is 152 Å². The molecule has 4 rings (SSSR count). The highest BCUT2D eigenvalue weighted by Crippen LogP contribution is 2.23. The standard InChI is InChI=1S/C22H19N7O5/c30-20(24-14-15-6-3-4-11-23-15)17-9-10-19(26-25-17)27-12-5-13-28(22(27)32)21(31)16-7-1-2-8-18(16)29(33)34/h1-4,6-11H,5,12-14H2,(H,24,30). The van der Waals surface area contributed by atoms with Gasteiger partial charge in [-0.05, 0) is 36.8 Å². The number of nitrogens with zero attached hydrogens (tertiary/aromatic N) is 6. The monoisotopic (exact) mass is 461 g/mol. The first-order valence-electron chi connectivity index (χ1n) is 10.3. The number of carbonyl (C=O) groups excluding carboxylic acids is 3. The molecule has 0 bridgehead atoms. The van der Waals surface area contributed by atoms with Crippen LogP contribution in [0.15, 0.2) is 60.8 Å². The molecule has 0 atom stereocenters. The van der Waals surface area contributed by atoms with Crippen LogP contribution in [0.25, 0.3) is 0 Å². The second-order valence-corrected chi connectivity index (χ2v) is 7.30. The fourth-order valence-electron chi connectivity index (χ4n) is 3.44. The van der Waals surface area contributed by atoms with Crippen molar-refractivity contribution in [2.24, 2.45) is 0 Å². The van der Waals surface area contributed by atoms with Gasteiger partial charge in [0.15, 0.2) is 11.5 Å². The third-order valence-electron chi connectivity index (χ3n) is 5.12. The van der Waals surface area contributed by atoms with E-state index in [1.54, 1.807) is 18.3 Å². The molecule has 34 heavy (non-hydrogen) atoms. The summed E-state index contributed by atoms with van der Waals surface area (Å²) in [7, 11) is 0. The Hall–Kier alpha value is -4.74. The molecule has 172 valence electrons. The second kappa shape index (κ2) is 9.81. The van der Waals surface area contributed by atoms with Crippen molar-refractivity contribution in [1.82, 2.24) is 25.4 Å². The third-order valence-corrected chi connectivity index (χ3v) is 5.12. The van der Waals surface area contributed by atoms with E-state index in [1.807, 2.05) is 6.07 Å². The van der Waals surface area contributed by atoms with Gasteiger partial charge >= 0.3 is 6.03 Å². The van der Waals surface area contributed by atoms with Gasteiger partial charge in [0.05, 0.1) is 17.2 Å². The summed E-state index contributed by atoms with van der Waals surface area (Å²) in [6.45, 7) is 0.609. The Balaban J connectivity index is 1.46. The van der Waals surface area contributed by atoms with E-state index in [4.69, 9.17) is 0 Å². The number of nitro groups is 1. The fourth-order valence-corrected chi connectivity index (χ4v) is 3.44. The summed E-state index contributed by atoms with van der Waals surface area (Å²) < 4.78 is 0. The summed E-state index contributed by atoms with van der Waals surface area (Å²) in [5, 5.41) is 21.8. The molecule has 0 aliphatic carbocycles. The molecule has 12 heteroatoms. The molecule has 2 aromatic heterocycles. The maximum absolute atomic E-state index is 13.0. The number of para-hydroxylation sites is 1. The van der Waals surface area contributed by atoms with Gasteiger partial charge in [-0.3, -0.25) is 34.5 Å². The zero-order chi connectivity index (χ0) is 24.1. The zero-order valence-electron chi connectivity index (χ0n) is 17.8. The number of pyridine rings is 1. The van der Waals surface area contributed by atoms with Gasteiger partial charge in [-0.1, -0.05) is 18.2 Å². The van der Waals surface area contributed by atoms with Crippen molar-refractivity contribution in [3.8, 4) is 0 Å². The van der Waals surface area contributed by atoms with Crippen molar-refractivity contribution in [1.29, 1.82) is 0 Å². The van der Waals surface area contributed by atoms with E-state index in [0.29, 0.717) is 12.1 Å². The van der Waals surface area contributed by atoms with Gasteiger partial charge in [0, 0.05) is 25.4 Å². The van der Waals surface area contributed by atoms with Crippen LogP contribution in [-0.4, -0.2) is 55.9 Å². The molecule has 4 amide bonds. The Morgan fingerprint density at radius 1 is 1.03 bits per heavy atom. The van der Waals surface area contributed by atoms with Crippen molar-refractivity contribution < 1.29 is 19.3 Å². The summed E-state index contributed by atoms with van der Waals surface area (Å²) in [6.07, 6.45) is 2.06. The molecule has 3 heterocycles. The summed E-state index contributed by atoms with van der Waals surface area (Å²) in [5.74, 6) is -1.06. The minimum atomic E-state index is -0.763. The highest BCUT2D eigenvalue weighted by molar-refractivity contribution is 6.10. The molecular weight excluding hydrogens is 442 g/mol. The summed E-state index contributed by atoms with van der Waals surface area (Å²) >= 11 is 0. The molecule has 1 aliphatic heterocycles. The van der Waals surface area contributed by atoms with E-state index in [0.717, 1.165) is 4.90 Å². The number of nitrogens with one attached hydrogen (secondary N) is 1. The van der Waals surface area contributed by atoms with E-state index in [1.165, 1.54) is 41.3 Å². The number of rotatable bonds is 6. The second-order valence-electron chi connectivity index (χ2n) is 7.30. The molecule has 3 aromatic rings. The number of nitro benzene ring substituents is 1. The van der Waals surface area contributed by atoms with Gasteiger partial charge in [0.1, 0.15) is 5.56 Å². The number of carbonyl (C=O) groups is 3. The van der Waals surface area contributed by atoms with E-state index in [9.17, 15) is 24.5 Å². The number of anilines is 1. The van der Waals surface area contributed by atoms with Crippen molar-refractivity contribution in [3.63, 3.8) is 0 Å². The van der Waals surface area contributed by atoms with Crippen LogP contribution in [0.4, 0.5) is 16.3 Å². The van der Waals surface area contributed by atoms with Gasteiger partial charge in [-0.2, -0.15) is 0 Å². The molecule has 1 aromatic carbocycles. The smallest absolute Gasteiger partial charge is 0.332 e. The Morgan fingerprint density at radius 2 is 1.82 bits per heavy atom. The first-order valence-corrected chi connectivity index (χ1v) is 10.3. The normalized spacial score (nSPS) is 13.5. The average Bonchev–Trinajstić information content (AvgIpc) is 2.87. The van der Waals surface area contributed by atoms with Crippen LogP contribution in [0.2, 0.25) is 0 Å². The van der Waals surface area contributed by atoms with Gasteiger partial charge < -0.3 is 5.32 Å². The molecule has 1 aliphatic rings. The van der Waals surface area contributed by atoms with Gasteiger partial charge in [-0.15, -0.1) is 10.2 Å². The van der Waals surface area contributed by atoms with E-state index >= 15 is 0 Å². The molecule has 0 radical (unpaired) electrons. The molecule has 1 N–H and O–H groups in total. The lowest BCUT2D eigenvalue weighted by atomic mass is 10.1. The van der Waals surface area contributed by atoms with Crippen LogP contribution in [0.1, 0.15) is 33.0 Å². The Labute approximate surface area is 193 Å². The number of aromatic nitrogens is 3. The van der Waals surface area contributed by atoms with Crippen LogP contribution in [0.5, 0.6) is 0 Å². The van der Waals surface area contributed by atoms with Crippen LogP contribution in [0.3, 0.4) is 0 Å². The molecule has 0 spiro atoms. The van der Waals surface area contributed by atoms with Crippen LogP contribution in [-0.2, 0) is 6.54 Å². The number of urea groups is 1. The van der Waals surface area contributed by atoms with Crippen molar-refractivity contribution in [2.75, 3.05) is 18.0 Å². The number of imide groups is 1. The number of hydrogen-bond acceptors (Lipinski definition) is 8. The minimum absolute atomic E-state index is 0.0528. The van der Waals surface area contributed by atoms with Gasteiger partial charge in [-0.25, -0.2) is 4.79 Å². The predicted molar refractivity (Wildman–Crippen MR) is 119 cm³/mol.